The van der Waals surface area contributed by atoms with Gasteiger partial charge in [0, 0.05) is 33.4 Å². The van der Waals surface area contributed by atoms with Crippen molar-refractivity contribution in [1.82, 2.24) is 10.2 Å². The van der Waals surface area contributed by atoms with E-state index in [1.165, 1.54) is 0 Å². The summed E-state index contributed by atoms with van der Waals surface area (Å²) in [5, 5.41) is 2.88. The molecule has 16 heavy (non-hydrogen) atoms. The van der Waals surface area contributed by atoms with Crippen molar-refractivity contribution in [3.8, 4) is 0 Å². The second-order valence-electron chi connectivity index (χ2n) is 4.42. The van der Waals surface area contributed by atoms with Crippen molar-refractivity contribution in [2.45, 2.75) is 18.9 Å². The van der Waals surface area contributed by atoms with E-state index in [-0.39, 0.29) is 5.91 Å². The van der Waals surface area contributed by atoms with Gasteiger partial charge in [-0.15, -0.1) is 0 Å². The summed E-state index contributed by atoms with van der Waals surface area (Å²) in [5.74, 6) is -0.0323. The number of morpholine rings is 1. The summed E-state index contributed by atoms with van der Waals surface area (Å²) in [6.07, 6.45) is 0.828. The molecule has 1 N–H and O–H groups in total. The van der Waals surface area contributed by atoms with E-state index in [4.69, 9.17) is 9.47 Å². The number of methoxy groups -OCH3 is 1. The summed E-state index contributed by atoms with van der Waals surface area (Å²) in [6.45, 7) is 5.27. The fourth-order valence-electron chi connectivity index (χ4n) is 1.81. The molecule has 1 heterocycles. The number of nitrogens with zero attached hydrogens (tertiary/aromatic N) is 1. The average Bonchev–Trinajstić information content (AvgIpc) is 2.23. The fourth-order valence-corrected chi connectivity index (χ4v) is 1.81. The summed E-state index contributed by atoms with van der Waals surface area (Å²) in [5.41, 5.74) is -0.708. The number of carbonyl (C=O) groups is 1. The summed E-state index contributed by atoms with van der Waals surface area (Å²) in [7, 11) is 3.65. The van der Waals surface area contributed by atoms with E-state index < -0.39 is 5.60 Å². The molecule has 5 heteroatoms. The maximum absolute atomic E-state index is 11.9. The van der Waals surface area contributed by atoms with Crippen molar-refractivity contribution in [2.24, 2.45) is 0 Å². The molecule has 0 spiro atoms. The van der Waals surface area contributed by atoms with Gasteiger partial charge in [0.15, 0.2) is 5.60 Å². The maximum Gasteiger partial charge on any atom is 0.253 e. The predicted molar refractivity (Wildman–Crippen MR) is 61.4 cm³/mol. The quantitative estimate of drug-likeness (QED) is 0.668. The van der Waals surface area contributed by atoms with Crippen LogP contribution in [0.3, 0.4) is 0 Å². The topological polar surface area (TPSA) is 50.8 Å². The Hall–Kier alpha value is -0.650. The third-order valence-electron chi connectivity index (χ3n) is 2.76. The molecule has 0 aliphatic carbocycles. The van der Waals surface area contributed by atoms with Crippen LogP contribution in [0.2, 0.25) is 0 Å². The lowest BCUT2D eigenvalue weighted by Crippen LogP contribution is -2.57. The number of hydrogen-bond donors (Lipinski definition) is 1. The summed E-state index contributed by atoms with van der Waals surface area (Å²) < 4.78 is 10.5. The van der Waals surface area contributed by atoms with Gasteiger partial charge in [-0.2, -0.15) is 0 Å². The van der Waals surface area contributed by atoms with Crippen LogP contribution in [0.15, 0.2) is 0 Å². The highest BCUT2D eigenvalue weighted by atomic mass is 16.5. The Labute approximate surface area is 97.1 Å². The van der Waals surface area contributed by atoms with Crippen LogP contribution >= 0.6 is 0 Å². The summed E-state index contributed by atoms with van der Waals surface area (Å²) in [4.78, 5) is 14.0. The highest BCUT2D eigenvalue weighted by molar-refractivity contribution is 5.85. The molecule has 1 amide bonds. The van der Waals surface area contributed by atoms with Crippen molar-refractivity contribution in [1.29, 1.82) is 0 Å². The first-order valence-corrected chi connectivity index (χ1v) is 5.68. The summed E-state index contributed by atoms with van der Waals surface area (Å²) in [6, 6.07) is 0. The van der Waals surface area contributed by atoms with E-state index in [9.17, 15) is 4.79 Å². The third kappa shape index (κ3) is 3.73. The molecule has 0 radical (unpaired) electrons. The van der Waals surface area contributed by atoms with Crippen molar-refractivity contribution < 1.29 is 14.3 Å². The van der Waals surface area contributed by atoms with Gasteiger partial charge in [0.25, 0.3) is 5.91 Å². The first-order valence-electron chi connectivity index (χ1n) is 5.68. The molecule has 5 nitrogen and oxygen atoms in total. The predicted octanol–water partition coefficient (Wildman–Crippen LogP) is -0.140. The van der Waals surface area contributed by atoms with Crippen LogP contribution in [0.5, 0.6) is 0 Å². The molecule has 1 rings (SSSR count). The van der Waals surface area contributed by atoms with Gasteiger partial charge in [0.05, 0.1) is 6.61 Å². The Morgan fingerprint density at radius 1 is 1.62 bits per heavy atom. The SMILES string of the molecule is COCCCNC(=O)C1(C)CN(C)CCO1. The van der Waals surface area contributed by atoms with Crippen LogP contribution in [0.1, 0.15) is 13.3 Å². The molecule has 0 aromatic carbocycles. The van der Waals surface area contributed by atoms with E-state index in [0.29, 0.717) is 26.3 Å². The number of ether oxygens (including phenoxy) is 2. The highest BCUT2D eigenvalue weighted by Crippen LogP contribution is 2.16. The summed E-state index contributed by atoms with van der Waals surface area (Å²) >= 11 is 0. The zero-order valence-electron chi connectivity index (χ0n) is 10.4. The van der Waals surface area contributed by atoms with Gasteiger partial charge in [-0.1, -0.05) is 0 Å². The van der Waals surface area contributed by atoms with E-state index in [1.807, 2.05) is 14.0 Å². The van der Waals surface area contributed by atoms with Gasteiger partial charge in [0.2, 0.25) is 0 Å². The normalized spacial score (nSPS) is 26.7. The Balaban J connectivity index is 2.33. The van der Waals surface area contributed by atoms with Crippen molar-refractivity contribution in [2.75, 3.05) is 47.0 Å². The van der Waals surface area contributed by atoms with Crippen molar-refractivity contribution >= 4 is 5.91 Å². The largest absolute Gasteiger partial charge is 0.385 e. The molecule has 1 saturated heterocycles. The van der Waals surface area contributed by atoms with Crippen molar-refractivity contribution in [3.05, 3.63) is 0 Å². The molecular formula is C11H22N2O3. The van der Waals surface area contributed by atoms with Gasteiger partial charge in [0.1, 0.15) is 0 Å². The van der Waals surface area contributed by atoms with Crippen LogP contribution in [0, 0.1) is 0 Å². The first kappa shape index (κ1) is 13.4. The van der Waals surface area contributed by atoms with E-state index in [1.54, 1.807) is 7.11 Å². The maximum atomic E-state index is 11.9. The van der Waals surface area contributed by atoms with E-state index in [0.717, 1.165) is 13.0 Å². The highest BCUT2D eigenvalue weighted by Gasteiger charge is 2.37. The monoisotopic (exact) mass is 230 g/mol. The van der Waals surface area contributed by atoms with Crippen LogP contribution in [0.25, 0.3) is 0 Å². The Morgan fingerprint density at radius 2 is 2.38 bits per heavy atom. The Morgan fingerprint density at radius 3 is 3.00 bits per heavy atom. The van der Waals surface area contributed by atoms with Crippen LogP contribution in [-0.2, 0) is 14.3 Å². The first-order chi connectivity index (χ1) is 7.58. The molecule has 0 aromatic heterocycles. The van der Waals surface area contributed by atoms with Gasteiger partial charge in [-0.05, 0) is 20.4 Å². The number of nitrogens with one attached hydrogen (secondary N) is 1. The molecule has 1 fully saturated rings. The smallest absolute Gasteiger partial charge is 0.253 e. The van der Waals surface area contributed by atoms with Gasteiger partial charge in [-0.3, -0.25) is 4.79 Å². The molecule has 0 bridgehead atoms. The number of likely N-dealkylation sites (N-methyl/N-ethyl adjacent to an activating group) is 1. The lowest BCUT2D eigenvalue weighted by atomic mass is 10.0. The second-order valence-corrected chi connectivity index (χ2v) is 4.42. The van der Waals surface area contributed by atoms with Crippen molar-refractivity contribution in [3.63, 3.8) is 0 Å². The standard InChI is InChI=1S/C11H22N2O3/c1-11(9-13(2)6-8-16-11)10(14)12-5-4-7-15-3/h4-9H2,1-3H3,(H,12,14). The molecule has 1 aliphatic rings. The fraction of sp³-hybridized carbons (Fsp3) is 0.909. The lowest BCUT2D eigenvalue weighted by Gasteiger charge is -2.37. The zero-order chi connectivity index (χ0) is 12.0. The van der Waals surface area contributed by atoms with Crippen LogP contribution < -0.4 is 5.32 Å². The molecule has 1 atom stereocenters. The third-order valence-corrected chi connectivity index (χ3v) is 2.76. The number of hydrogen-bond acceptors (Lipinski definition) is 4. The number of amides is 1. The molecule has 0 aromatic rings. The van der Waals surface area contributed by atoms with Gasteiger partial charge < -0.3 is 19.7 Å². The molecule has 94 valence electrons. The van der Waals surface area contributed by atoms with E-state index in [2.05, 4.69) is 10.2 Å². The second kappa shape index (κ2) is 6.18. The zero-order valence-corrected chi connectivity index (χ0v) is 10.4. The minimum absolute atomic E-state index is 0.0323. The molecular weight excluding hydrogens is 208 g/mol. The molecule has 0 saturated carbocycles. The minimum atomic E-state index is -0.708. The van der Waals surface area contributed by atoms with Crippen LogP contribution in [-0.4, -0.2) is 63.4 Å². The molecule has 1 aliphatic heterocycles. The Bertz CT molecular complexity index is 235. The number of rotatable bonds is 5. The van der Waals surface area contributed by atoms with Gasteiger partial charge >= 0.3 is 0 Å². The minimum Gasteiger partial charge on any atom is -0.385 e. The number of carbonyl (C=O) groups excluding carboxylic acids is 1. The van der Waals surface area contributed by atoms with Gasteiger partial charge in [-0.25, -0.2) is 0 Å². The lowest BCUT2D eigenvalue weighted by molar-refractivity contribution is -0.155. The molecule has 1 unspecified atom stereocenters. The van der Waals surface area contributed by atoms with Crippen LogP contribution in [0.4, 0.5) is 0 Å². The average molecular weight is 230 g/mol. The van der Waals surface area contributed by atoms with E-state index >= 15 is 0 Å². The Kier molecular flexibility index (Phi) is 5.18.